The molecule has 1 atom stereocenters. The molecule has 6 nitrogen and oxygen atoms in total. The van der Waals surface area contributed by atoms with Gasteiger partial charge < -0.3 is 16.2 Å². The third-order valence-corrected chi connectivity index (χ3v) is 2.94. The maximum atomic E-state index is 12.2. The van der Waals surface area contributed by atoms with E-state index in [4.69, 9.17) is 5.73 Å². The summed E-state index contributed by atoms with van der Waals surface area (Å²) in [6, 6.07) is 10.5. The summed E-state index contributed by atoms with van der Waals surface area (Å²) < 4.78 is 0. The fourth-order valence-electron chi connectivity index (χ4n) is 1.88. The number of hydrogen-bond donors (Lipinski definition) is 3. The van der Waals surface area contributed by atoms with E-state index in [0.29, 0.717) is 16.8 Å². The lowest BCUT2D eigenvalue weighted by Gasteiger charge is -2.15. The Balaban J connectivity index is 2.21. The number of benzene rings is 1. The van der Waals surface area contributed by atoms with Gasteiger partial charge in [-0.05, 0) is 17.7 Å². The van der Waals surface area contributed by atoms with Gasteiger partial charge in [-0.25, -0.2) is 4.79 Å². The molecule has 21 heavy (non-hydrogen) atoms. The van der Waals surface area contributed by atoms with Crippen LogP contribution in [0, 0.1) is 0 Å². The molecule has 0 aliphatic carbocycles. The molecule has 0 unspecified atom stereocenters. The highest BCUT2D eigenvalue weighted by Gasteiger charge is 2.22. The molecule has 0 radical (unpaired) electrons. The van der Waals surface area contributed by atoms with Crippen LogP contribution in [-0.2, 0) is 11.3 Å². The second kappa shape index (κ2) is 6.62. The van der Waals surface area contributed by atoms with E-state index < -0.39 is 17.9 Å². The Labute approximate surface area is 121 Å². The molecular weight excluding hydrogens is 270 g/mol. The predicted octanol–water partition coefficient (Wildman–Crippen LogP) is 1.10. The minimum absolute atomic E-state index is 0.210. The van der Waals surface area contributed by atoms with Crippen LogP contribution in [0.2, 0.25) is 0 Å². The Morgan fingerprint density at radius 3 is 2.57 bits per heavy atom. The Kier molecular flexibility index (Phi) is 4.63. The molecular formula is C15H15N3O3. The summed E-state index contributed by atoms with van der Waals surface area (Å²) in [5.41, 5.74) is 6.87. The van der Waals surface area contributed by atoms with Gasteiger partial charge in [-0.2, -0.15) is 0 Å². The lowest BCUT2D eigenvalue weighted by atomic mass is 10.1. The number of nitrogens with two attached hydrogens (primary N) is 1. The molecule has 0 saturated heterocycles. The van der Waals surface area contributed by atoms with Crippen LogP contribution in [-0.4, -0.2) is 22.0 Å². The number of rotatable bonds is 5. The SMILES string of the molecule is NCc1cc(C(=O)N[C@H](C(=O)O)c2ccccc2)ccn1. The van der Waals surface area contributed by atoms with Gasteiger partial charge in [0.05, 0.1) is 5.69 Å². The van der Waals surface area contributed by atoms with Gasteiger partial charge in [0.25, 0.3) is 5.91 Å². The van der Waals surface area contributed by atoms with Crippen molar-refractivity contribution in [3.8, 4) is 0 Å². The van der Waals surface area contributed by atoms with E-state index >= 15 is 0 Å². The highest BCUT2D eigenvalue weighted by molar-refractivity contribution is 5.96. The summed E-state index contributed by atoms with van der Waals surface area (Å²) in [6.45, 7) is 0.210. The van der Waals surface area contributed by atoms with Crippen molar-refractivity contribution in [3.05, 3.63) is 65.5 Å². The van der Waals surface area contributed by atoms with Crippen molar-refractivity contribution in [1.82, 2.24) is 10.3 Å². The lowest BCUT2D eigenvalue weighted by molar-refractivity contribution is -0.139. The van der Waals surface area contributed by atoms with E-state index in [-0.39, 0.29) is 6.54 Å². The van der Waals surface area contributed by atoms with Crippen LogP contribution in [0.5, 0.6) is 0 Å². The summed E-state index contributed by atoms with van der Waals surface area (Å²) in [5, 5.41) is 11.8. The van der Waals surface area contributed by atoms with E-state index in [9.17, 15) is 14.7 Å². The molecule has 0 bridgehead atoms. The minimum atomic E-state index is -1.12. The number of carbonyl (C=O) groups is 2. The van der Waals surface area contributed by atoms with Crippen LogP contribution >= 0.6 is 0 Å². The van der Waals surface area contributed by atoms with Gasteiger partial charge in [-0.15, -0.1) is 0 Å². The molecule has 0 aliphatic heterocycles. The summed E-state index contributed by atoms with van der Waals surface area (Å²) in [4.78, 5) is 27.5. The number of pyridine rings is 1. The molecule has 1 aromatic carbocycles. The largest absolute Gasteiger partial charge is 0.479 e. The van der Waals surface area contributed by atoms with Crippen molar-refractivity contribution in [2.75, 3.05) is 0 Å². The number of carboxylic acids is 1. The number of nitrogens with one attached hydrogen (secondary N) is 1. The predicted molar refractivity (Wildman–Crippen MR) is 76.4 cm³/mol. The molecule has 1 heterocycles. The second-order valence-electron chi connectivity index (χ2n) is 4.40. The van der Waals surface area contributed by atoms with Crippen LogP contribution in [0.3, 0.4) is 0 Å². The van der Waals surface area contributed by atoms with Crippen LogP contribution in [0.25, 0.3) is 0 Å². The van der Waals surface area contributed by atoms with E-state index in [0.717, 1.165) is 0 Å². The van der Waals surface area contributed by atoms with Gasteiger partial charge in [0.2, 0.25) is 0 Å². The Bertz CT molecular complexity index is 644. The van der Waals surface area contributed by atoms with Gasteiger partial charge in [-0.1, -0.05) is 30.3 Å². The number of carbonyl (C=O) groups excluding carboxylic acids is 1. The maximum absolute atomic E-state index is 12.2. The van der Waals surface area contributed by atoms with Gasteiger partial charge in [-0.3, -0.25) is 9.78 Å². The number of aromatic nitrogens is 1. The van der Waals surface area contributed by atoms with E-state index in [1.165, 1.54) is 12.3 Å². The monoisotopic (exact) mass is 285 g/mol. The third kappa shape index (κ3) is 3.64. The first-order valence-corrected chi connectivity index (χ1v) is 6.35. The average molecular weight is 285 g/mol. The minimum Gasteiger partial charge on any atom is -0.479 e. The quantitative estimate of drug-likeness (QED) is 0.762. The highest BCUT2D eigenvalue weighted by Crippen LogP contribution is 2.14. The summed E-state index contributed by atoms with van der Waals surface area (Å²) in [6.07, 6.45) is 1.47. The molecule has 0 saturated carbocycles. The van der Waals surface area contributed by atoms with Crippen molar-refractivity contribution in [1.29, 1.82) is 0 Å². The molecule has 6 heteroatoms. The van der Waals surface area contributed by atoms with E-state index in [1.54, 1.807) is 36.4 Å². The summed E-state index contributed by atoms with van der Waals surface area (Å²) in [5.74, 6) is -1.61. The zero-order valence-corrected chi connectivity index (χ0v) is 11.2. The molecule has 2 rings (SSSR count). The third-order valence-electron chi connectivity index (χ3n) is 2.94. The Morgan fingerprint density at radius 2 is 1.95 bits per heavy atom. The normalized spacial score (nSPS) is 11.7. The second-order valence-corrected chi connectivity index (χ2v) is 4.40. The van der Waals surface area contributed by atoms with Crippen molar-refractivity contribution in [3.63, 3.8) is 0 Å². The van der Waals surface area contributed by atoms with Crippen LogP contribution in [0.4, 0.5) is 0 Å². The standard InChI is InChI=1S/C15H15N3O3/c16-9-12-8-11(6-7-17-12)14(19)18-13(15(20)21)10-4-2-1-3-5-10/h1-8,13H,9,16H2,(H,18,19)(H,20,21)/t13-/m0/s1. The number of hydrogen-bond acceptors (Lipinski definition) is 4. The van der Waals surface area contributed by atoms with Crippen molar-refractivity contribution < 1.29 is 14.7 Å². The fraction of sp³-hybridized carbons (Fsp3) is 0.133. The summed E-state index contributed by atoms with van der Waals surface area (Å²) in [7, 11) is 0. The van der Waals surface area contributed by atoms with Gasteiger partial charge in [0.1, 0.15) is 0 Å². The molecule has 1 aromatic heterocycles. The molecule has 0 aliphatic rings. The van der Waals surface area contributed by atoms with Crippen LogP contribution in [0.1, 0.15) is 27.7 Å². The summed E-state index contributed by atoms with van der Waals surface area (Å²) >= 11 is 0. The first kappa shape index (κ1) is 14.7. The number of aliphatic carboxylic acids is 1. The zero-order valence-electron chi connectivity index (χ0n) is 11.2. The number of amides is 1. The van der Waals surface area contributed by atoms with Gasteiger partial charge in [0, 0.05) is 18.3 Å². The smallest absolute Gasteiger partial charge is 0.330 e. The highest BCUT2D eigenvalue weighted by atomic mass is 16.4. The Hall–Kier alpha value is -2.73. The van der Waals surface area contributed by atoms with Crippen molar-refractivity contribution in [2.24, 2.45) is 5.73 Å². The number of nitrogens with zero attached hydrogens (tertiary/aromatic N) is 1. The molecule has 0 fully saturated rings. The zero-order chi connectivity index (χ0) is 15.2. The molecule has 2 aromatic rings. The lowest BCUT2D eigenvalue weighted by Crippen LogP contribution is -2.33. The Morgan fingerprint density at radius 1 is 1.24 bits per heavy atom. The maximum Gasteiger partial charge on any atom is 0.330 e. The molecule has 4 N–H and O–H groups in total. The number of carboxylic acid groups (broad SMARTS) is 1. The topological polar surface area (TPSA) is 105 Å². The first-order chi connectivity index (χ1) is 10.1. The van der Waals surface area contributed by atoms with Crippen LogP contribution < -0.4 is 11.1 Å². The van der Waals surface area contributed by atoms with Gasteiger partial charge >= 0.3 is 5.97 Å². The molecule has 108 valence electrons. The van der Waals surface area contributed by atoms with Crippen LogP contribution in [0.15, 0.2) is 48.7 Å². The molecule has 0 spiro atoms. The molecule has 1 amide bonds. The van der Waals surface area contributed by atoms with Crippen molar-refractivity contribution in [2.45, 2.75) is 12.6 Å². The average Bonchev–Trinajstić information content (AvgIpc) is 2.53. The van der Waals surface area contributed by atoms with E-state index in [1.807, 2.05) is 0 Å². The first-order valence-electron chi connectivity index (χ1n) is 6.35. The fourth-order valence-corrected chi connectivity index (χ4v) is 1.88. The van der Waals surface area contributed by atoms with Gasteiger partial charge in [0.15, 0.2) is 6.04 Å². The van der Waals surface area contributed by atoms with Crippen molar-refractivity contribution >= 4 is 11.9 Å². The van der Waals surface area contributed by atoms with E-state index in [2.05, 4.69) is 10.3 Å².